The van der Waals surface area contributed by atoms with Crippen LogP contribution in [0.3, 0.4) is 0 Å². The van der Waals surface area contributed by atoms with E-state index < -0.39 is 16.4 Å². The zero-order valence-corrected chi connectivity index (χ0v) is 11.1. The highest BCUT2D eigenvalue weighted by Crippen LogP contribution is 2.28. The standard InChI is InChI=1S/C13H13FN2O2S/c1-2-11(13-4-3-7-19-13)15-9-5-6-12(16(17)18)10(14)8-9/h3-8,11,15H,2H2,1H3. The Bertz CT molecular complexity index is 572. The summed E-state index contributed by atoms with van der Waals surface area (Å²) in [6, 6.07) is 7.92. The second-order valence-electron chi connectivity index (χ2n) is 4.04. The SMILES string of the molecule is CCC(Nc1ccc([N+](=O)[O-])c(F)c1)c1cccs1. The third-order valence-corrected chi connectivity index (χ3v) is 3.77. The highest BCUT2D eigenvalue weighted by molar-refractivity contribution is 7.10. The zero-order valence-electron chi connectivity index (χ0n) is 10.3. The number of rotatable bonds is 5. The lowest BCUT2D eigenvalue weighted by Gasteiger charge is -2.16. The summed E-state index contributed by atoms with van der Waals surface area (Å²) in [7, 11) is 0. The molecule has 0 aliphatic heterocycles. The molecule has 2 aromatic rings. The van der Waals surface area contributed by atoms with Gasteiger partial charge in [0.2, 0.25) is 5.82 Å². The number of benzene rings is 1. The molecule has 0 spiro atoms. The fraction of sp³-hybridized carbons (Fsp3) is 0.231. The van der Waals surface area contributed by atoms with Gasteiger partial charge in [0.1, 0.15) is 0 Å². The van der Waals surface area contributed by atoms with Crippen LogP contribution in [-0.2, 0) is 0 Å². The van der Waals surface area contributed by atoms with Crippen molar-refractivity contribution in [2.75, 3.05) is 5.32 Å². The molecule has 0 aliphatic rings. The van der Waals surface area contributed by atoms with Crippen molar-refractivity contribution in [3.05, 3.63) is 56.5 Å². The highest BCUT2D eigenvalue weighted by Gasteiger charge is 2.16. The number of halogens is 1. The average molecular weight is 280 g/mol. The van der Waals surface area contributed by atoms with Crippen molar-refractivity contribution < 1.29 is 9.31 Å². The molecule has 1 aromatic heterocycles. The molecule has 6 heteroatoms. The topological polar surface area (TPSA) is 55.2 Å². The van der Waals surface area contributed by atoms with E-state index in [9.17, 15) is 14.5 Å². The Morgan fingerprint density at radius 2 is 2.26 bits per heavy atom. The van der Waals surface area contributed by atoms with Crippen molar-refractivity contribution in [1.82, 2.24) is 0 Å². The molecule has 1 atom stereocenters. The maximum Gasteiger partial charge on any atom is 0.304 e. The van der Waals surface area contributed by atoms with Crippen LogP contribution in [0.15, 0.2) is 35.7 Å². The molecular weight excluding hydrogens is 267 g/mol. The first-order chi connectivity index (χ1) is 9.11. The van der Waals surface area contributed by atoms with Gasteiger partial charge in [0.25, 0.3) is 0 Å². The fourth-order valence-electron chi connectivity index (χ4n) is 1.81. The van der Waals surface area contributed by atoms with Gasteiger partial charge in [-0.15, -0.1) is 11.3 Å². The molecule has 0 fully saturated rings. The monoisotopic (exact) mass is 280 g/mol. The van der Waals surface area contributed by atoms with Crippen molar-refractivity contribution in [3.63, 3.8) is 0 Å². The molecule has 0 amide bonds. The quantitative estimate of drug-likeness (QED) is 0.654. The van der Waals surface area contributed by atoms with Crippen LogP contribution in [0.2, 0.25) is 0 Å². The van der Waals surface area contributed by atoms with Gasteiger partial charge in [0.15, 0.2) is 0 Å². The summed E-state index contributed by atoms with van der Waals surface area (Å²) in [5.74, 6) is -0.823. The molecule has 0 bridgehead atoms. The zero-order chi connectivity index (χ0) is 13.8. The van der Waals surface area contributed by atoms with Gasteiger partial charge in [-0.3, -0.25) is 10.1 Å². The molecule has 1 heterocycles. The summed E-state index contributed by atoms with van der Waals surface area (Å²) in [5.41, 5.74) is 0.0399. The first-order valence-corrected chi connectivity index (χ1v) is 6.73. The maximum absolute atomic E-state index is 13.5. The van der Waals surface area contributed by atoms with Gasteiger partial charge in [-0.1, -0.05) is 13.0 Å². The van der Waals surface area contributed by atoms with E-state index in [1.165, 1.54) is 12.1 Å². The van der Waals surface area contributed by atoms with E-state index in [0.29, 0.717) is 5.69 Å². The number of thiophene rings is 1. The minimum atomic E-state index is -0.823. The third-order valence-electron chi connectivity index (χ3n) is 2.78. The van der Waals surface area contributed by atoms with Gasteiger partial charge >= 0.3 is 5.69 Å². The highest BCUT2D eigenvalue weighted by atomic mass is 32.1. The van der Waals surface area contributed by atoms with Crippen LogP contribution in [0.1, 0.15) is 24.3 Å². The molecule has 0 saturated carbocycles. The second kappa shape index (κ2) is 5.79. The van der Waals surface area contributed by atoms with Gasteiger partial charge in [0.05, 0.1) is 11.0 Å². The number of nitro benzene ring substituents is 1. The number of hydrogen-bond acceptors (Lipinski definition) is 4. The van der Waals surface area contributed by atoms with Gasteiger partial charge in [-0.25, -0.2) is 0 Å². The van der Waals surface area contributed by atoms with Crippen molar-refractivity contribution in [2.45, 2.75) is 19.4 Å². The van der Waals surface area contributed by atoms with E-state index in [2.05, 4.69) is 5.32 Å². The Morgan fingerprint density at radius 3 is 2.79 bits per heavy atom. The summed E-state index contributed by atoms with van der Waals surface area (Å²) >= 11 is 1.62. The lowest BCUT2D eigenvalue weighted by Crippen LogP contribution is -2.08. The van der Waals surface area contributed by atoms with Gasteiger partial charge in [-0.2, -0.15) is 4.39 Å². The lowest BCUT2D eigenvalue weighted by molar-refractivity contribution is -0.387. The van der Waals surface area contributed by atoms with E-state index in [1.807, 2.05) is 24.4 Å². The molecule has 19 heavy (non-hydrogen) atoms. The van der Waals surface area contributed by atoms with E-state index >= 15 is 0 Å². The van der Waals surface area contributed by atoms with Crippen LogP contribution in [-0.4, -0.2) is 4.92 Å². The van der Waals surface area contributed by atoms with Crippen LogP contribution in [0.5, 0.6) is 0 Å². The molecule has 1 unspecified atom stereocenters. The van der Waals surface area contributed by atoms with Crippen molar-refractivity contribution in [1.29, 1.82) is 0 Å². The average Bonchev–Trinajstić information content (AvgIpc) is 2.89. The number of hydrogen-bond donors (Lipinski definition) is 1. The van der Waals surface area contributed by atoms with Crippen LogP contribution >= 0.6 is 11.3 Å². The molecule has 2 rings (SSSR count). The molecule has 0 saturated heterocycles. The van der Waals surface area contributed by atoms with Crippen LogP contribution in [0.25, 0.3) is 0 Å². The van der Waals surface area contributed by atoms with Crippen LogP contribution < -0.4 is 5.32 Å². The Hall–Kier alpha value is -1.95. The largest absolute Gasteiger partial charge is 0.377 e. The summed E-state index contributed by atoms with van der Waals surface area (Å²) < 4.78 is 13.5. The van der Waals surface area contributed by atoms with Gasteiger partial charge < -0.3 is 5.32 Å². The second-order valence-corrected chi connectivity index (χ2v) is 5.02. The summed E-state index contributed by atoms with van der Waals surface area (Å²) in [6.07, 6.45) is 0.846. The van der Waals surface area contributed by atoms with Crippen LogP contribution in [0, 0.1) is 15.9 Å². The minimum Gasteiger partial charge on any atom is -0.377 e. The number of nitrogens with zero attached hydrogens (tertiary/aromatic N) is 1. The number of nitro groups is 1. The van der Waals surface area contributed by atoms with E-state index in [-0.39, 0.29) is 6.04 Å². The summed E-state index contributed by atoms with van der Waals surface area (Å²) in [4.78, 5) is 11.0. The molecule has 0 aliphatic carbocycles. The van der Waals surface area contributed by atoms with Gasteiger partial charge in [0, 0.05) is 22.7 Å². The molecule has 1 aromatic carbocycles. The fourth-order valence-corrected chi connectivity index (χ4v) is 2.67. The van der Waals surface area contributed by atoms with E-state index in [4.69, 9.17) is 0 Å². The molecule has 0 radical (unpaired) electrons. The molecule has 100 valence electrons. The number of anilines is 1. The Kier molecular flexibility index (Phi) is 4.11. The molecule has 1 N–H and O–H groups in total. The first kappa shape index (κ1) is 13.5. The Morgan fingerprint density at radius 1 is 1.47 bits per heavy atom. The smallest absolute Gasteiger partial charge is 0.304 e. The lowest BCUT2D eigenvalue weighted by atomic mass is 10.1. The van der Waals surface area contributed by atoms with Crippen LogP contribution in [0.4, 0.5) is 15.8 Å². The maximum atomic E-state index is 13.5. The van der Waals surface area contributed by atoms with Crippen molar-refractivity contribution >= 4 is 22.7 Å². The molecule has 4 nitrogen and oxygen atoms in total. The predicted octanol–water partition coefficient (Wildman–Crippen LogP) is 4.36. The minimum absolute atomic E-state index is 0.0841. The van der Waals surface area contributed by atoms with E-state index in [1.54, 1.807) is 11.3 Å². The molecular formula is C13H13FN2O2S. The number of nitrogens with one attached hydrogen (secondary N) is 1. The van der Waals surface area contributed by atoms with Gasteiger partial charge in [-0.05, 0) is 23.9 Å². The Balaban J connectivity index is 2.19. The third kappa shape index (κ3) is 3.08. The van der Waals surface area contributed by atoms with E-state index in [0.717, 1.165) is 17.4 Å². The summed E-state index contributed by atoms with van der Waals surface area (Å²) in [6.45, 7) is 2.03. The summed E-state index contributed by atoms with van der Waals surface area (Å²) in [5, 5.41) is 15.7. The normalized spacial score (nSPS) is 12.1. The first-order valence-electron chi connectivity index (χ1n) is 5.85. The Labute approximate surface area is 114 Å². The predicted molar refractivity (Wildman–Crippen MR) is 74.0 cm³/mol. The van der Waals surface area contributed by atoms with Crippen molar-refractivity contribution in [2.24, 2.45) is 0 Å². The van der Waals surface area contributed by atoms with Crippen molar-refractivity contribution in [3.8, 4) is 0 Å².